The highest BCUT2D eigenvalue weighted by molar-refractivity contribution is 6.02. The normalized spacial score (nSPS) is 12.9. The number of aromatic nitrogens is 3. The van der Waals surface area contributed by atoms with E-state index in [9.17, 15) is 9.90 Å². The average Bonchev–Trinajstić information content (AvgIpc) is 2.82. The highest BCUT2D eigenvalue weighted by Gasteiger charge is 2.15. The number of primary amides is 1. The summed E-state index contributed by atoms with van der Waals surface area (Å²) in [5, 5.41) is 10.9. The SMILES string of the molecule is NC(=O)CC(O)n1cnc2cnc3ccccc3c21. The third-order valence-corrected chi connectivity index (χ3v) is 3.01. The lowest BCUT2D eigenvalue weighted by molar-refractivity contribution is -0.121. The van der Waals surface area contributed by atoms with Crippen LogP contribution in [0.4, 0.5) is 0 Å². The van der Waals surface area contributed by atoms with Gasteiger partial charge in [-0.15, -0.1) is 0 Å². The summed E-state index contributed by atoms with van der Waals surface area (Å²) in [6, 6.07) is 7.56. The first-order chi connectivity index (χ1) is 9.16. The van der Waals surface area contributed by atoms with Crippen LogP contribution in [0.1, 0.15) is 12.6 Å². The van der Waals surface area contributed by atoms with Gasteiger partial charge in [-0.2, -0.15) is 0 Å². The number of hydrogen-bond acceptors (Lipinski definition) is 4. The van der Waals surface area contributed by atoms with Gasteiger partial charge in [0.05, 0.1) is 30.0 Å². The number of imidazole rings is 1. The molecule has 1 aromatic carbocycles. The van der Waals surface area contributed by atoms with Crippen LogP contribution in [0.5, 0.6) is 0 Å². The number of carbonyl (C=O) groups excluding carboxylic acids is 1. The van der Waals surface area contributed by atoms with Gasteiger partial charge in [-0.05, 0) is 6.07 Å². The summed E-state index contributed by atoms with van der Waals surface area (Å²) < 4.78 is 1.55. The molecule has 0 bridgehead atoms. The molecule has 2 aromatic heterocycles. The Morgan fingerprint density at radius 1 is 1.32 bits per heavy atom. The third kappa shape index (κ3) is 1.92. The first-order valence-electron chi connectivity index (χ1n) is 5.83. The van der Waals surface area contributed by atoms with E-state index >= 15 is 0 Å². The van der Waals surface area contributed by atoms with Crippen molar-refractivity contribution in [1.82, 2.24) is 14.5 Å². The van der Waals surface area contributed by atoms with E-state index in [1.54, 1.807) is 10.8 Å². The van der Waals surface area contributed by atoms with Gasteiger partial charge >= 0.3 is 0 Å². The van der Waals surface area contributed by atoms with Crippen LogP contribution in [-0.4, -0.2) is 25.5 Å². The molecule has 0 radical (unpaired) electrons. The van der Waals surface area contributed by atoms with Crippen LogP contribution in [0.15, 0.2) is 36.8 Å². The Labute approximate surface area is 108 Å². The van der Waals surface area contributed by atoms with Crippen molar-refractivity contribution >= 4 is 27.8 Å². The molecule has 3 rings (SSSR count). The van der Waals surface area contributed by atoms with E-state index in [2.05, 4.69) is 9.97 Å². The van der Waals surface area contributed by atoms with E-state index in [0.717, 1.165) is 16.4 Å². The molecule has 3 aromatic rings. The number of hydrogen-bond donors (Lipinski definition) is 2. The number of pyridine rings is 1. The molecule has 1 unspecified atom stereocenters. The van der Waals surface area contributed by atoms with Crippen LogP contribution < -0.4 is 5.73 Å². The summed E-state index contributed by atoms with van der Waals surface area (Å²) in [5.41, 5.74) is 7.34. The van der Waals surface area contributed by atoms with Crippen molar-refractivity contribution in [2.75, 3.05) is 0 Å². The molecule has 0 saturated carbocycles. The predicted molar refractivity (Wildman–Crippen MR) is 70.1 cm³/mol. The molecular weight excluding hydrogens is 244 g/mol. The van der Waals surface area contributed by atoms with Gasteiger partial charge in [0.1, 0.15) is 11.7 Å². The molecule has 19 heavy (non-hydrogen) atoms. The van der Waals surface area contributed by atoms with E-state index in [1.807, 2.05) is 24.3 Å². The summed E-state index contributed by atoms with van der Waals surface area (Å²) in [6.45, 7) is 0. The van der Waals surface area contributed by atoms with Crippen LogP contribution in [0.3, 0.4) is 0 Å². The topological polar surface area (TPSA) is 94.0 Å². The molecule has 1 atom stereocenters. The number of nitrogens with zero attached hydrogens (tertiary/aromatic N) is 3. The quantitative estimate of drug-likeness (QED) is 0.729. The Balaban J connectivity index is 2.25. The van der Waals surface area contributed by atoms with Crippen LogP contribution in [0.25, 0.3) is 21.9 Å². The molecule has 0 aliphatic heterocycles. The first kappa shape index (κ1) is 11.6. The summed E-state index contributed by atoms with van der Waals surface area (Å²) in [4.78, 5) is 19.4. The molecule has 0 aliphatic rings. The maximum Gasteiger partial charge on any atom is 0.221 e. The molecule has 2 heterocycles. The van der Waals surface area contributed by atoms with Gasteiger partial charge < -0.3 is 15.4 Å². The number of aliphatic hydroxyl groups excluding tert-OH is 1. The highest BCUT2D eigenvalue weighted by atomic mass is 16.3. The molecule has 1 amide bonds. The van der Waals surface area contributed by atoms with E-state index < -0.39 is 12.1 Å². The zero-order valence-corrected chi connectivity index (χ0v) is 10.0. The first-order valence-corrected chi connectivity index (χ1v) is 5.83. The minimum atomic E-state index is -1.02. The predicted octanol–water partition coefficient (Wildman–Crippen LogP) is 0.951. The minimum absolute atomic E-state index is 0.151. The van der Waals surface area contributed by atoms with Crippen molar-refractivity contribution in [3.8, 4) is 0 Å². The van der Waals surface area contributed by atoms with Crippen molar-refractivity contribution in [2.24, 2.45) is 5.73 Å². The molecule has 0 aliphatic carbocycles. The monoisotopic (exact) mass is 256 g/mol. The fraction of sp³-hybridized carbons (Fsp3) is 0.154. The van der Waals surface area contributed by atoms with Crippen molar-refractivity contribution in [1.29, 1.82) is 0 Å². The fourth-order valence-electron chi connectivity index (χ4n) is 2.17. The van der Waals surface area contributed by atoms with Gasteiger partial charge in [0.25, 0.3) is 0 Å². The molecule has 6 nitrogen and oxygen atoms in total. The zero-order chi connectivity index (χ0) is 13.4. The van der Waals surface area contributed by atoms with Gasteiger partial charge in [-0.3, -0.25) is 9.78 Å². The molecule has 96 valence electrons. The number of rotatable bonds is 3. The van der Waals surface area contributed by atoms with Gasteiger partial charge in [0, 0.05) is 5.39 Å². The number of aliphatic hydroxyl groups is 1. The summed E-state index contributed by atoms with van der Waals surface area (Å²) in [5.74, 6) is -0.562. The second-order valence-corrected chi connectivity index (χ2v) is 4.31. The second kappa shape index (κ2) is 4.33. The van der Waals surface area contributed by atoms with Crippen molar-refractivity contribution in [3.05, 3.63) is 36.8 Å². The number of benzene rings is 1. The van der Waals surface area contributed by atoms with Gasteiger partial charge in [0.2, 0.25) is 5.91 Å². The Bertz CT molecular complexity index is 766. The van der Waals surface area contributed by atoms with E-state index in [0.29, 0.717) is 5.52 Å². The fourth-order valence-corrected chi connectivity index (χ4v) is 2.17. The number of para-hydroxylation sites is 1. The number of nitrogens with two attached hydrogens (primary N) is 1. The number of carbonyl (C=O) groups is 1. The van der Waals surface area contributed by atoms with E-state index in [1.165, 1.54) is 6.33 Å². The van der Waals surface area contributed by atoms with E-state index in [4.69, 9.17) is 5.73 Å². The highest BCUT2D eigenvalue weighted by Crippen LogP contribution is 2.25. The van der Waals surface area contributed by atoms with Gasteiger partial charge in [0.15, 0.2) is 0 Å². The lowest BCUT2D eigenvalue weighted by atomic mass is 10.2. The Hall–Kier alpha value is -2.47. The van der Waals surface area contributed by atoms with Crippen LogP contribution in [0, 0.1) is 0 Å². The molecule has 0 saturated heterocycles. The van der Waals surface area contributed by atoms with Crippen molar-refractivity contribution in [2.45, 2.75) is 12.6 Å². The zero-order valence-electron chi connectivity index (χ0n) is 10.0. The van der Waals surface area contributed by atoms with Crippen molar-refractivity contribution in [3.63, 3.8) is 0 Å². The van der Waals surface area contributed by atoms with Gasteiger partial charge in [-0.1, -0.05) is 18.2 Å². The van der Waals surface area contributed by atoms with Crippen LogP contribution >= 0.6 is 0 Å². The Morgan fingerprint density at radius 3 is 2.89 bits per heavy atom. The number of fused-ring (bicyclic) bond motifs is 3. The molecule has 0 spiro atoms. The Morgan fingerprint density at radius 2 is 2.11 bits per heavy atom. The average molecular weight is 256 g/mol. The second-order valence-electron chi connectivity index (χ2n) is 4.31. The standard InChI is InChI=1S/C13H12N4O2/c14-11(18)5-12(19)17-7-16-10-6-15-9-4-2-1-3-8(9)13(10)17/h1-4,6-7,12,19H,5H2,(H2,14,18). The molecule has 0 fully saturated rings. The Kier molecular flexibility index (Phi) is 2.64. The smallest absolute Gasteiger partial charge is 0.221 e. The maximum absolute atomic E-state index is 10.9. The summed E-state index contributed by atoms with van der Waals surface area (Å²) in [6.07, 6.45) is 1.97. The summed E-state index contributed by atoms with van der Waals surface area (Å²) >= 11 is 0. The molecule has 6 heteroatoms. The lowest BCUT2D eigenvalue weighted by Gasteiger charge is -2.12. The summed E-state index contributed by atoms with van der Waals surface area (Å²) in [7, 11) is 0. The van der Waals surface area contributed by atoms with E-state index in [-0.39, 0.29) is 6.42 Å². The minimum Gasteiger partial charge on any atom is -0.373 e. The maximum atomic E-state index is 10.9. The number of amides is 1. The van der Waals surface area contributed by atoms with Crippen LogP contribution in [-0.2, 0) is 4.79 Å². The lowest BCUT2D eigenvalue weighted by Crippen LogP contribution is -2.18. The van der Waals surface area contributed by atoms with Crippen molar-refractivity contribution < 1.29 is 9.90 Å². The molecule has 3 N–H and O–H groups in total. The van der Waals surface area contributed by atoms with Crippen LogP contribution in [0.2, 0.25) is 0 Å². The molecular formula is C13H12N4O2. The largest absolute Gasteiger partial charge is 0.373 e. The third-order valence-electron chi connectivity index (χ3n) is 3.01. The van der Waals surface area contributed by atoms with Gasteiger partial charge in [-0.25, -0.2) is 4.98 Å².